The Morgan fingerprint density at radius 1 is 0.860 bits per heavy atom. The summed E-state index contributed by atoms with van der Waals surface area (Å²) in [5.74, 6) is -0.956. The lowest BCUT2D eigenvalue weighted by atomic mass is 10.0. The Morgan fingerprint density at radius 2 is 1.56 bits per heavy atom. The van der Waals surface area contributed by atoms with E-state index in [1.165, 1.54) is 36.0 Å². The Balaban J connectivity index is 1.38. The smallest absolute Gasteiger partial charge is 0.335 e. The summed E-state index contributed by atoms with van der Waals surface area (Å²) in [6, 6.07) is 33.7. The molecule has 1 amide bonds. The van der Waals surface area contributed by atoms with E-state index in [4.69, 9.17) is 9.73 Å². The Bertz CT molecular complexity index is 1870. The van der Waals surface area contributed by atoms with Crippen LogP contribution in [0.1, 0.15) is 27.0 Å². The molecule has 0 radical (unpaired) electrons. The third-order valence-corrected chi connectivity index (χ3v) is 7.93. The fraction of sp³-hybridized carbons (Fsp3) is 0.0571. The van der Waals surface area contributed by atoms with Crippen molar-refractivity contribution in [3.05, 3.63) is 148 Å². The van der Waals surface area contributed by atoms with Crippen LogP contribution < -0.4 is 4.74 Å². The normalized spacial score (nSPS) is 15.0. The van der Waals surface area contributed by atoms with E-state index < -0.39 is 5.97 Å². The number of hydrogen-bond acceptors (Lipinski definition) is 5. The molecule has 1 aliphatic rings. The Morgan fingerprint density at radius 3 is 2.30 bits per heavy atom. The second kappa shape index (κ2) is 12.3. The van der Waals surface area contributed by atoms with Gasteiger partial charge in [-0.3, -0.25) is 9.69 Å². The molecule has 0 spiro atoms. The molecule has 5 aromatic rings. The minimum absolute atomic E-state index is 0.175. The van der Waals surface area contributed by atoms with Gasteiger partial charge >= 0.3 is 5.97 Å². The summed E-state index contributed by atoms with van der Waals surface area (Å²) < 4.78 is 19.6. The van der Waals surface area contributed by atoms with Crippen LogP contribution in [0.5, 0.6) is 5.75 Å². The van der Waals surface area contributed by atoms with E-state index in [1.54, 1.807) is 29.2 Å². The van der Waals surface area contributed by atoms with E-state index >= 15 is 0 Å². The lowest BCUT2D eigenvalue weighted by Crippen LogP contribution is -2.28. The Labute approximate surface area is 251 Å². The van der Waals surface area contributed by atoms with Crippen molar-refractivity contribution in [1.29, 1.82) is 0 Å². The van der Waals surface area contributed by atoms with Crippen LogP contribution in [-0.2, 0) is 17.9 Å². The number of carboxylic acids is 1. The maximum absolute atomic E-state index is 13.9. The number of halogens is 1. The van der Waals surface area contributed by atoms with Gasteiger partial charge in [0.05, 0.1) is 22.7 Å². The summed E-state index contributed by atoms with van der Waals surface area (Å²) >= 11 is 1.27. The highest BCUT2D eigenvalue weighted by Gasteiger charge is 2.34. The molecule has 1 N–H and O–H groups in total. The first-order valence-electron chi connectivity index (χ1n) is 13.5. The maximum atomic E-state index is 13.9. The van der Waals surface area contributed by atoms with Gasteiger partial charge in [-0.1, -0.05) is 72.8 Å². The first-order chi connectivity index (χ1) is 20.9. The van der Waals surface area contributed by atoms with Crippen LogP contribution in [0.3, 0.4) is 0 Å². The molecule has 6 rings (SSSR count). The second-order valence-corrected chi connectivity index (χ2v) is 10.9. The van der Waals surface area contributed by atoms with Gasteiger partial charge in [0.25, 0.3) is 5.91 Å². The molecule has 1 heterocycles. The molecule has 6 nitrogen and oxygen atoms in total. The molecule has 0 atom stereocenters. The van der Waals surface area contributed by atoms with Crippen molar-refractivity contribution < 1.29 is 23.8 Å². The fourth-order valence-corrected chi connectivity index (χ4v) is 5.68. The Kier molecular flexibility index (Phi) is 8.02. The van der Waals surface area contributed by atoms with Crippen LogP contribution in [0.2, 0.25) is 0 Å². The number of aliphatic imine (C=N–C) groups is 1. The number of fused-ring (bicyclic) bond motifs is 1. The van der Waals surface area contributed by atoms with Gasteiger partial charge in [-0.15, -0.1) is 0 Å². The molecule has 0 aliphatic carbocycles. The average molecular weight is 589 g/mol. The number of thioether (sulfide) groups is 1. The first kappa shape index (κ1) is 27.9. The lowest BCUT2D eigenvalue weighted by Gasteiger charge is -2.16. The number of rotatable bonds is 8. The number of amidine groups is 1. The van der Waals surface area contributed by atoms with Gasteiger partial charge in [0.1, 0.15) is 18.2 Å². The molecule has 1 saturated heterocycles. The quantitative estimate of drug-likeness (QED) is 0.186. The number of aromatic carboxylic acids is 1. The monoisotopic (exact) mass is 588 g/mol. The van der Waals surface area contributed by atoms with Gasteiger partial charge in [0.15, 0.2) is 5.17 Å². The zero-order valence-corrected chi connectivity index (χ0v) is 23.6. The molecule has 0 bridgehead atoms. The fourth-order valence-electron chi connectivity index (χ4n) is 4.70. The summed E-state index contributed by atoms with van der Waals surface area (Å²) in [6.07, 6.45) is 1.84. The van der Waals surface area contributed by atoms with Crippen molar-refractivity contribution in [2.75, 3.05) is 0 Å². The maximum Gasteiger partial charge on any atom is 0.335 e. The molecule has 5 aromatic carbocycles. The summed E-state index contributed by atoms with van der Waals surface area (Å²) in [6.45, 7) is 0.452. The standard InChI is InChI=1S/C35H25FN2O4S/c36-27-17-12-24(13-18-27)22-42-31-19-16-25-6-4-5-9-29(25)30(31)20-32-33(39)38(21-23-10-14-26(15-11-23)34(40)41)35(43-32)37-28-7-2-1-3-8-28/h1-20H,21-22H2,(H,40,41)/b32-20+,37-35?. The Hall–Kier alpha value is -5.21. The highest BCUT2D eigenvalue weighted by atomic mass is 32.2. The molecule has 212 valence electrons. The first-order valence-corrected chi connectivity index (χ1v) is 14.3. The van der Waals surface area contributed by atoms with Crippen molar-refractivity contribution in [2.24, 2.45) is 4.99 Å². The summed E-state index contributed by atoms with van der Waals surface area (Å²) in [4.78, 5) is 32.1. The van der Waals surface area contributed by atoms with E-state index in [-0.39, 0.29) is 30.4 Å². The largest absolute Gasteiger partial charge is 0.488 e. The van der Waals surface area contributed by atoms with Gasteiger partial charge in [0, 0.05) is 5.56 Å². The van der Waals surface area contributed by atoms with E-state index in [2.05, 4.69) is 0 Å². The third kappa shape index (κ3) is 6.34. The van der Waals surface area contributed by atoms with Gasteiger partial charge < -0.3 is 9.84 Å². The molecule has 0 unspecified atom stereocenters. The highest BCUT2D eigenvalue weighted by molar-refractivity contribution is 8.18. The number of nitrogens with zero attached hydrogens (tertiary/aromatic N) is 2. The third-order valence-electron chi connectivity index (χ3n) is 6.92. The number of carboxylic acid groups (broad SMARTS) is 1. The predicted molar refractivity (Wildman–Crippen MR) is 168 cm³/mol. The number of carbonyl (C=O) groups excluding carboxylic acids is 1. The van der Waals surface area contributed by atoms with Gasteiger partial charge in [-0.05, 0) is 82.2 Å². The molecule has 0 saturated carbocycles. The van der Waals surface area contributed by atoms with Crippen LogP contribution in [0.15, 0.2) is 125 Å². The highest BCUT2D eigenvalue weighted by Crippen LogP contribution is 2.38. The average Bonchev–Trinajstić information content (AvgIpc) is 3.31. The van der Waals surface area contributed by atoms with Gasteiger partial charge in [-0.25, -0.2) is 14.2 Å². The topological polar surface area (TPSA) is 79.2 Å². The van der Waals surface area contributed by atoms with Crippen molar-refractivity contribution in [3.63, 3.8) is 0 Å². The van der Waals surface area contributed by atoms with E-state index in [9.17, 15) is 19.1 Å². The zero-order chi connectivity index (χ0) is 29.8. The molecule has 43 heavy (non-hydrogen) atoms. The molecular weight excluding hydrogens is 563 g/mol. The van der Waals surface area contributed by atoms with E-state index in [1.807, 2.05) is 72.8 Å². The number of para-hydroxylation sites is 1. The lowest BCUT2D eigenvalue weighted by molar-refractivity contribution is -0.122. The van der Waals surface area contributed by atoms with E-state index in [0.29, 0.717) is 21.5 Å². The summed E-state index contributed by atoms with van der Waals surface area (Å²) in [7, 11) is 0. The van der Waals surface area contributed by atoms with Crippen LogP contribution >= 0.6 is 11.8 Å². The SMILES string of the molecule is O=C(O)c1ccc(CN2C(=O)/C(=C\c3c(OCc4ccc(F)cc4)ccc4ccccc34)SC2=Nc2ccccc2)cc1. The van der Waals surface area contributed by atoms with Crippen molar-refractivity contribution in [3.8, 4) is 5.75 Å². The summed E-state index contributed by atoms with van der Waals surface area (Å²) in [5, 5.41) is 11.7. The number of amides is 1. The molecule has 0 aromatic heterocycles. The second-order valence-electron chi connectivity index (χ2n) is 9.85. The minimum atomic E-state index is -1.01. The number of carbonyl (C=O) groups is 2. The number of hydrogen-bond donors (Lipinski definition) is 1. The predicted octanol–water partition coefficient (Wildman–Crippen LogP) is 8.06. The van der Waals surface area contributed by atoms with Crippen molar-refractivity contribution >= 4 is 51.3 Å². The molecule has 1 aliphatic heterocycles. The van der Waals surface area contributed by atoms with Crippen LogP contribution in [0.25, 0.3) is 16.8 Å². The van der Waals surface area contributed by atoms with Crippen LogP contribution in [0, 0.1) is 5.82 Å². The summed E-state index contributed by atoms with van der Waals surface area (Å²) in [5.41, 5.74) is 3.22. The van der Waals surface area contributed by atoms with Crippen LogP contribution in [0.4, 0.5) is 10.1 Å². The number of benzene rings is 5. The van der Waals surface area contributed by atoms with Gasteiger partial charge in [-0.2, -0.15) is 0 Å². The molecular formula is C35H25FN2O4S. The van der Waals surface area contributed by atoms with E-state index in [0.717, 1.165) is 27.5 Å². The molecule has 1 fully saturated rings. The van der Waals surface area contributed by atoms with Crippen LogP contribution in [-0.4, -0.2) is 27.1 Å². The minimum Gasteiger partial charge on any atom is -0.488 e. The zero-order valence-electron chi connectivity index (χ0n) is 22.8. The van der Waals surface area contributed by atoms with Crippen molar-refractivity contribution in [2.45, 2.75) is 13.2 Å². The van der Waals surface area contributed by atoms with Crippen molar-refractivity contribution in [1.82, 2.24) is 4.90 Å². The molecule has 8 heteroatoms. The number of ether oxygens (including phenoxy) is 1. The van der Waals surface area contributed by atoms with Gasteiger partial charge in [0.2, 0.25) is 0 Å².